The smallest absolute Gasteiger partial charge is 0.406 e. The van der Waals surface area contributed by atoms with Gasteiger partial charge >= 0.3 is 6.36 Å². The van der Waals surface area contributed by atoms with Gasteiger partial charge in [0.25, 0.3) is 0 Å². The van der Waals surface area contributed by atoms with E-state index >= 15 is 0 Å². The van der Waals surface area contributed by atoms with Crippen LogP contribution in [0.3, 0.4) is 0 Å². The summed E-state index contributed by atoms with van der Waals surface area (Å²) in [4.78, 5) is 0. The molecule has 1 atom stereocenters. The molecule has 0 aliphatic carbocycles. The summed E-state index contributed by atoms with van der Waals surface area (Å²) < 4.78 is 66.0. The minimum Gasteiger partial charge on any atom is -0.406 e. The summed E-state index contributed by atoms with van der Waals surface area (Å²) in [6.07, 6.45) is -4.78. The fraction of sp³-hybridized carbons (Fsp3) is 0.143. The average molecular weight is 303 g/mol. The summed E-state index contributed by atoms with van der Waals surface area (Å²) in [5.41, 5.74) is 6.41. The van der Waals surface area contributed by atoms with Gasteiger partial charge in [-0.05, 0) is 35.4 Å². The van der Waals surface area contributed by atoms with Crippen molar-refractivity contribution in [1.82, 2.24) is 0 Å². The molecule has 2 nitrogen and oxygen atoms in total. The van der Waals surface area contributed by atoms with Gasteiger partial charge in [0, 0.05) is 6.07 Å². The molecule has 0 saturated carbocycles. The predicted octanol–water partition coefficient (Wildman–Crippen LogP) is 3.91. The van der Waals surface area contributed by atoms with Crippen LogP contribution in [-0.4, -0.2) is 6.36 Å². The summed E-state index contributed by atoms with van der Waals surface area (Å²) in [5, 5.41) is 0. The summed E-state index contributed by atoms with van der Waals surface area (Å²) in [6, 6.07) is 6.73. The largest absolute Gasteiger partial charge is 0.573 e. The molecule has 0 aliphatic rings. The first-order chi connectivity index (χ1) is 9.74. The lowest BCUT2D eigenvalue weighted by Crippen LogP contribution is -2.17. The fourth-order valence-corrected chi connectivity index (χ4v) is 1.82. The summed E-state index contributed by atoms with van der Waals surface area (Å²) in [7, 11) is 0. The quantitative estimate of drug-likeness (QED) is 0.873. The minimum absolute atomic E-state index is 0.178. The standard InChI is InChI=1S/C14H10F5NO/c15-10-5-9(6-11(16)7-10)13(20)8-1-3-12(4-2-8)21-14(17,18)19/h1-7,13H,20H2. The topological polar surface area (TPSA) is 35.2 Å². The highest BCUT2D eigenvalue weighted by Gasteiger charge is 2.31. The van der Waals surface area contributed by atoms with Crippen LogP contribution in [0.2, 0.25) is 0 Å². The van der Waals surface area contributed by atoms with Crippen LogP contribution < -0.4 is 10.5 Å². The van der Waals surface area contributed by atoms with Crippen LogP contribution in [0.4, 0.5) is 22.0 Å². The molecule has 0 amide bonds. The Hall–Kier alpha value is -2.15. The van der Waals surface area contributed by atoms with E-state index in [9.17, 15) is 22.0 Å². The van der Waals surface area contributed by atoms with Crippen molar-refractivity contribution in [2.45, 2.75) is 12.4 Å². The molecule has 7 heteroatoms. The number of benzene rings is 2. The Morgan fingerprint density at radius 2 is 1.38 bits per heavy atom. The molecule has 2 rings (SSSR count). The van der Waals surface area contributed by atoms with Crippen molar-refractivity contribution >= 4 is 0 Å². The number of hydrogen-bond donors (Lipinski definition) is 1. The molecule has 21 heavy (non-hydrogen) atoms. The molecule has 0 bridgehead atoms. The van der Waals surface area contributed by atoms with Crippen molar-refractivity contribution in [1.29, 1.82) is 0 Å². The van der Waals surface area contributed by atoms with Gasteiger partial charge in [-0.2, -0.15) is 0 Å². The monoisotopic (exact) mass is 303 g/mol. The second kappa shape index (κ2) is 5.69. The molecular weight excluding hydrogens is 293 g/mol. The van der Waals surface area contributed by atoms with Gasteiger partial charge in [-0.3, -0.25) is 0 Å². The fourth-order valence-electron chi connectivity index (χ4n) is 1.82. The maximum Gasteiger partial charge on any atom is 0.573 e. The summed E-state index contributed by atoms with van der Waals surface area (Å²) >= 11 is 0. The Kier molecular flexibility index (Phi) is 4.13. The molecule has 0 aromatic heterocycles. The normalized spacial score (nSPS) is 13.0. The number of hydrogen-bond acceptors (Lipinski definition) is 2. The zero-order chi connectivity index (χ0) is 15.6. The number of ether oxygens (including phenoxy) is 1. The molecule has 0 aliphatic heterocycles. The second-order valence-electron chi connectivity index (χ2n) is 4.30. The highest BCUT2D eigenvalue weighted by atomic mass is 19.4. The zero-order valence-corrected chi connectivity index (χ0v) is 10.5. The zero-order valence-electron chi connectivity index (χ0n) is 10.5. The van der Waals surface area contributed by atoms with Crippen LogP contribution in [0.25, 0.3) is 0 Å². The molecule has 112 valence electrons. The first-order valence-electron chi connectivity index (χ1n) is 5.82. The lowest BCUT2D eigenvalue weighted by atomic mass is 9.99. The van der Waals surface area contributed by atoms with E-state index in [0.29, 0.717) is 11.6 Å². The molecule has 2 aromatic carbocycles. The Labute approximate surface area is 116 Å². The maximum absolute atomic E-state index is 13.1. The molecule has 0 saturated heterocycles. The van der Waals surface area contributed by atoms with Gasteiger partial charge in [-0.25, -0.2) is 8.78 Å². The van der Waals surface area contributed by atoms with Gasteiger partial charge in [0.15, 0.2) is 0 Å². The maximum atomic E-state index is 13.1. The Bertz CT molecular complexity index is 604. The van der Waals surface area contributed by atoms with Gasteiger partial charge in [-0.15, -0.1) is 13.2 Å². The van der Waals surface area contributed by atoms with E-state index in [2.05, 4.69) is 4.74 Å². The summed E-state index contributed by atoms with van der Waals surface area (Å²) in [5.74, 6) is -1.96. The molecule has 2 aromatic rings. The minimum atomic E-state index is -4.78. The third-order valence-corrected chi connectivity index (χ3v) is 2.72. The van der Waals surface area contributed by atoms with E-state index in [-0.39, 0.29) is 5.56 Å². The van der Waals surface area contributed by atoms with Crippen molar-refractivity contribution < 1.29 is 26.7 Å². The van der Waals surface area contributed by atoms with E-state index in [1.165, 1.54) is 12.1 Å². The Morgan fingerprint density at radius 1 is 0.857 bits per heavy atom. The van der Waals surface area contributed by atoms with Crippen molar-refractivity contribution in [3.8, 4) is 5.75 Å². The van der Waals surface area contributed by atoms with Crippen molar-refractivity contribution in [2.24, 2.45) is 5.73 Å². The third-order valence-electron chi connectivity index (χ3n) is 2.72. The van der Waals surface area contributed by atoms with Gasteiger partial charge in [0.2, 0.25) is 0 Å². The van der Waals surface area contributed by atoms with Crippen molar-refractivity contribution in [3.63, 3.8) is 0 Å². The van der Waals surface area contributed by atoms with Gasteiger partial charge < -0.3 is 10.5 Å². The van der Waals surface area contributed by atoms with Crippen molar-refractivity contribution in [3.05, 3.63) is 65.2 Å². The first kappa shape index (κ1) is 15.2. The van der Waals surface area contributed by atoms with Crippen LogP contribution in [0.5, 0.6) is 5.75 Å². The predicted molar refractivity (Wildman–Crippen MR) is 65.5 cm³/mol. The lowest BCUT2D eigenvalue weighted by Gasteiger charge is -2.14. The third kappa shape index (κ3) is 4.16. The number of halogens is 5. The van der Waals surface area contributed by atoms with Crippen molar-refractivity contribution in [2.75, 3.05) is 0 Å². The van der Waals surface area contributed by atoms with Crippen LogP contribution in [0, 0.1) is 11.6 Å². The number of alkyl halides is 3. The molecule has 0 heterocycles. The lowest BCUT2D eigenvalue weighted by molar-refractivity contribution is -0.274. The number of rotatable bonds is 3. The molecular formula is C14H10F5NO. The van der Waals surface area contributed by atoms with E-state index in [4.69, 9.17) is 5.73 Å². The van der Waals surface area contributed by atoms with Gasteiger partial charge in [0.05, 0.1) is 6.04 Å². The highest BCUT2D eigenvalue weighted by molar-refractivity contribution is 5.35. The molecule has 0 fully saturated rings. The second-order valence-corrected chi connectivity index (χ2v) is 4.30. The van der Waals surface area contributed by atoms with E-state index in [1.807, 2.05) is 0 Å². The molecule has 2 N–H and O–H groups in total. The number of nitrogens with two attached hydrogens (primary N) is 1. The Morgan fingerprint density at radius 3 is 1.86 bits per heavy atom. The van der Waals surface area contributed by atoms with Crippen LogP contribution >= 0.6 is 0 Å². The molecule has 0 spiro atoms. The van der Waals surface area contributed by atoms with Gasteiger partial charge in [-0.1, -0.05) is 12.1 Å². The van der Waals surface area contributed by atoms with Crippen LogP contribution in [0.1, 0.15) is 17.2 Å². The van der Waals surface area contributed by atoms with E-state index in [1.54, 1.807) is 0 Å². The van der Waals surface area contributed by atoms with Crippen LogP contribution in [-0.2, 0) is 0 Å². The van der Waals surface area contributed by atoms with E-state index < -0.39 is 29.8 Å². The first-order valence-corrected chi connectivity index (χ1v) is 5.82. The average Bonchev–Trinajstić information content (AvgIpc) is 2.35. The molecule has 0 radical (unpaired) electrons. The highest BCUT2D eigenvalue weighted by Crippen LogP contribution is 2.26. The molecule has 1 unspecified atom stereocenters. The van der Waals surface area contributed by atoms with E-state index in [0.717, 1.165) is 24.3 Å². The summed E-state index contributed by atoms with van der Waals surface area (Å²) in [6.45, 7) is 0. The Balaban J connectivity index is 2.21. The SMILES string of the molecule is NC(c1ccc(OC(F)(F)F)cc1)c1cc(F)cc(F)c1. The van der Waals surface area contributed by atoms with Gasteiger partial charge in [0.1, 0.15) is 17.4 Å². The van der Waals surface area contributed by atoms with Crippen LogP contribution in [0.15, 0.2) is 42.5 Å².